The Morgan fingerprint density at radius 3 is 2.50 bits per heavy atom. The Labute approximate surface area is 149 Å². The predicted molar refractivity (Wildman–Crippen MR) is 94.3 cm³/mol. The second kappa shape index (κ2) is 8.39. The van der Waals surface area contributed by atoms with Gasteiger partial charge in [0.15, 0.2) is 11.5 Å². The van der Waals surface area contributed by atoms with Crippen molar-refractivity contribution >= 4 is 40.8 Å². The van der Waals surface area contributed by atoms with Gasteiger partial charge in [0.25, 0.3) is 0 Å². The topological polar surface area (TPSA) is 59.3 Å². The zero-order valence-corrected chi connectivity index (χ0v) is 14.3. The molecule has 0 bridgehead atoms. The molecule has 0 amide bonds. The molecule has 0 aliphatic carbocycles. The number of nitrogens with zero attached hydrogens (tertiary/aromatic N) is 1. The molecule has 0 aromatic heterocycles. The average molecular weight is 362 g/mol. The molecule has 2 rings (SSSR count). The highest BCUT2D eigenvalue weighted by Gasteiger charge is 2.10. The van der Waals surface area contributed by atoms with Crippen molar-refractivity contribution in [3.8, 4) is 17.6 Å². The van der Waals surface area contributed by atoms with Crippen LogP contribution >= 0.6 is 23.2 Å². The fourth-order valence-corrected chi connectivity index (χ4v) is 2.17. The van der Waals surface area contributed by atoms with Gasteiger partial charge in [-0.25, -0.2) is 0 Å². The third-order valence-electron chi connectivity index (χ3n) is 3.11. The van der Waals surface area contributed by atoms with Gasteiger partial charge in [0.05, 0.1) is 18.8 Å². The normalized spacial score (nSPS) is 10.8. The van der Waals surface area contributed by atoms with Crippen LogP contribution in [0, 0.1) is 11.3 Å². The third-order valence-corrected chi connectivity index (χ3v) is 3.58. The van der Waals surface area contributed by atoms with Crippen LogP contribution in [-0.2, 0) is 4.79 Å². The fourth-order valence-electron chi connectivity index (χ4n) is 1.98. The van der Waals surface area contributed by atoms with Crippen molar-refractivity contribution in [3.63, 3.8) is 0 Å². The molecule has 24 heavy (non-hydrogen) atoms. The summed E-state index contributed by atoms with van der Waals surface area (Å²) in [4.78, 5) is 11.3. The molecule has 0 atom stereocenters. The molecule has 0 heterocycles. The number of methoxy groups -OCH3 is 1. The van der Waals surface area contributed by atoms with Crippen LogP contribution in [0.15, 0.2) is 42.5 Å². The number of halogens is 2. The molecular formula is C18H13Cl2NO3. The molecule has 0 aliphatic rings. The van der Waals surface area contributed by atoms with Crippen molar-refractivity contribution in [2.24, 2.45) is 0 Å². The smallest absolute Gasteiger partial charge is 0.326 e. The zero-order valence-electron chi connectivity index (χ0n) is 12.8. The number of nitriles is 1. The van der Waals surface area contributed by atoms with Crippen molar-refractivity contribution in [2.45, 2.75) is 0 Å². The average Bonchev–Trinajstić information content (AvgIpc) is 2.61. The van der Waals surface area contributed by atoms with Gasteiger partial charge in [-0.3, -0.25) is 4.79 Å². The summed E-state index contributed by atoms with van der Waals surface area (Å²) in [7, 11) is 1.46. The maximum absolute atomic E-state index is 11.3. The number of allylic oxidation sites excluding steroid dienone is 1. The molecule has 6 heteroatoms. The highest BCUT2D eigenvalue weighted by Crippen LogP contribution is 2.30. The lowest BCUT2D eigenvalue weighted by molar-refractivity contribution is -0.131. The first-order chi connectivity index (χ1) is 11.6. The number of ether oxygens (including phenoxy) is 2. The Bertz CT molecular complexity index is 808. The Morgan fingerprint density at radius 2 is 1.92 bits per heavy atom. The Morgan fingerprint density at radius 1 is 1.21 bits per heavy atom. The van der Waals surface area contributed by atoms with E-state index in [1.165, 1.54) is 7.11 Å². The SMILES string of the molecule is COc1cc(/C=C(/C#N)c2ccc(Cl)cc2)ccc1OC(=O)CCl. The summed E-state index contributed by atoms with van der Waals surface area (Å²) >= 11 is 11.3. The Balaban J connectivity index is 2.35. The molecular weight excluding hydrogens is 349 g/mol. The number of carbonyl (C=O) groups is 1. The minimum Gasteiger partial charge on any atom is -0.493 e. The molecule has 0 saturated heterocycles. The first-order valence-corrected chi connectivity index (χ1v) is 7.81. The lowest BCUT2D eigenvalue weighted by Gasteiger charge is -2.09. The van der Waals surface area contributed by atoms with E-state index < -0.39 is 5.97 Å². The number of rotatable bonds is 5. The summed E-state index contributed by atoms with van der Waals surface area (Å²) in [5, 5.41) is 9.98. The van der Waals surface area contributed by atoms with Gasteiger partial charge in [-0.2, -0.15) is 5.26 Å². The van der Waals surface area contributed by atoms with Crippen LogP contribution < -0.4 is 9.47 Å². The lowest BCUT2D eigenvalue weighted by atomic mass is 10.0. The summed E-state index contributed by atoms with van der Waals surface area (Å²) < 4.78 is 10.3. The number of hydrogen-bond acceptors (Lipinski definition) is 4. The van der Waals surface area contributed by atoms with Crippen molar-refractivity contribution in [1.29, 1.82) is 5.26 Å². The molecule has 0 spiro atoms. The van der Waals surface area contributed by atoms with Crippen LogP contribution in [0.1, 0.15) is 11.1 Å². The van der Waals surface area contributed by atoms with Gasteiger partial charge in [0.2, 0.25) is 0 Å². The maximum Gasteiger partial charge on any atom is 0.326 e. The maximum atomic E-state index is 11.3. The minimum atomic E-state index is -0.572. The second-order valence-electron chi connectivity index (χ2n) is 4.69. The molecule has 122 valence electrons. The van der Waals surface area contributed by atoms with E-state index in [-0.39, 0.29) is 11.6 Å². The number of carbonyl (C=O) groups excluding carboxylic acids is 1. The van der Waals surface area contributed by atoms with Crippen LogP contribution in [0.2, 0.25) is 5.02 Å². The largest absolute Gasteiger partial charge is 0.493 e. The van der Waals surface area contributed by atoms with Gasteiger partial charge in [-0.1, -0.05) is 29.8 Å². The van der Waals surface area contributed by atoms with Gasteiger partial charge in [-0.15, -0.1) is 11.6 Å². The van der Waals surface area contributed by atoms with Gasteiger partial charge in [0.1, 0.15) is 5.88 Å². The molecule has 0 aliphatic heterocycles. The van der Waals surface area contributed by atoms with Crippen LogP contribution in [-0.4, -0.2) is 19.0 Å². The summed E-state index contributed by atoms with van der Waals surface area (Å²) in [6, 6.07) is 14.1. The highest BCUT2D eigenvalue weighted by molar-refractivity contribution is 6.30. The van der Waals surface area contributed by atoms with E-state index in [0.717, 1.165) is 11.1 Å². The van der Waals surface area contributed by atoms with Gasteiger partial charge in [-0.05, 0) is 41.5 Å². The third kappa shape index (κ3) is 4.51. The summed E-state index contributed by atoms with van der Waals surface area (Å²) in [5.74, 6) is -0.182. The van der Waals surface area contributed by atoms with E-state index in [1.54, 1.807) is 48.5 Å². The monoisotopic (exact) mass is 361 g/mol. The van der Waals surface area contributed by atoms with E-state index in [9.17, 15) is 10.1 Å². The standard InChI is InChI=1S/C18H13Cl2NO3/c1-23-17-9-12(2-7-16(17)24-18(22)10-19)8-14(11-21)13-3-5-15(20)6-4-13/h2-9H,10H2,1H3/b14-8-. The van der Waals surface area contributed by atoms with Crippen LogP contribution in [0.3, 0.4) is 0 Å². The van der Waals surface area contributed by atoms with Crippen LogP contribution in [0.4, 0.5) is 0 Å². The van der Waals surface area contributed by atoms with E-state index in [4.69, 9.17) is 32.7 Å². The summed E-state index contributed by atoms with van der Waals surface area (Å²) in [5.41, 5.74) is 1.95. The number of hydrogen-bond donors (Lipinski definition) is 0. The van der Waals surface area contributed by atoms with Crippen molar-refractivity contribution in [3.05, 3.63) is 58.6 Å². The Hall–Kier alpha value is -2.48. The molecule has 0 radical (unpaired) electrons. The number of benzene rings is 2. The minimum absolute atomic E-state index is 0.250. The highest BCUT2D eigenvalue weighted by atomic mass is 35.5. The van der Waals surface area contributed by atoms with Crippen molar-refractivity contribution in [2.75, 3.05) is 13.0 Å². The van der Waals surface area contributed by atoms with Gasteiger partial charge in [0, 0.05) is 5.02 Å². The molecule has 0 saturated carbocycles. The zero-order chi connectivity index (χ0) is 17.5. The van der Waals surface area contributed by atoms with Crippen LogP contribution in [0.5, 0.6) is 11.5 Å². The first kappa shape index (κ1) is 17.9. The lowest BCUT2D eigenvalue weighted by Crippen LogP contribution is -2.09. The molecule has 2 aromatic carbocycles. The molecule has 2 aromatic rings. The van der Waals surface area contributed by atoms with Gasteiger partial charge < -0.3 is 9.47 Å². The Kier molecular flexibility index (Phi) is 6.25. The summed E-state index contributed by atoms with van der Waals surface area (Å²) in [6.07, 6.45) is 1.71. The predicted octanol–water partition coefficient (Wildman–Crippen LogP) is 4.56. The summed E-state index contributed by atoms with van der Waals surface area (Å²) in [6.45, 7) is 0. The molecule has 4 nitrogen and oxygen atoms in total. The van der Waals surface area contributed by atoms with Crippen molar-refractivity contribution in [1.82, 2.24) is 0 Å². The van der Waals surface area contributed by atoms with E-state index in [2.05, 4.69) is 6.07 Å². The number of alkyl halides is 1. The quantitative estimate of drug-likeness (QED) is 0.257. The van der Waals surface area contributed by atoms with E-state index in [1.807, 2.05) is 0 Å². The molecule has 0 N–H and O–H groups in total. The number of esters is 1. The van der Waals surface area contributed by atoms with Crippen molar-refractivity contribution < 1.29 is 14.3 Å². The van der Waals surface area contributed by atoms with E-state index >= 15 is 0 Å². The second-order valence-corrected chi connectivity index (χ2v) is 5.40. The fraction of sp³-hybridized carbons (Fsp3) is 0.111. The van der Waals surface area contributed by atoms with E-state index in [0.29, 0.717) is 16.3 Å². The molecule has 0 fully saturated rings. The van der Waals surface area contributed by atoms with Gasteiger partial charge >= 0.3 is 5.97 Å². The first-order valence-electron chi connectivity index (χ1n) is 6.89. The van der Waals surface area contributed by atoms with Crippen LogP contribution in [0.25, 0.3) is 11.6 Å². The molecule has 0 unspecified atom stereocenters.